The number of urea groups is 1. The fourth-order valence-corrected chi connectivity index (χ4v) is 3.31. The van der Waals surface area contributed by atoms with E-state index < -0.39 is 0 Å². The zero-order valence-electron chi connectivity index (χ0n) is 15.8. The van der Waals surface area contributed by atoms with Crippen LogP contribution in [0.4, 0.5) is 16.2 Å². The second-order valence-electron chi connectivity index (χ2n) is 6.86. The van der Waals surface area contributed by atoms with Crippen LogP contribution in [0.15, 0.2) is 54.6 Å². The topological polar surface area (TPSA) is 92.0 Å². The number of benzene rings is 2. The molecule has 0 aromatic heterocycles. The van der Waals surface area contributed by atoms with E-state index in [9.17, 15) is 14.9 Å². The predicted molar refractivity (Wildman–Crippen MR) is 108 cm³/mol. The average Bonchev–Trinajstić information content (AvgIpc) is 2.73. The van der Waals surface area contributed by atoms with Crippen LogP contribution in [0.5, 0.6) is 0 Å². The van der Waals surface area contributed by atoms with E-state index in [0.717, 1.165) is 44.0 Å². The van der Waals surface area contributed by atoms with Crippen molar-refractivity contribution in [3.8, 4) is 0 Å². The number of carbonyl (C=O) groups excluding carboxylic acids is 1. The highest BCUT2D eigenvalue weighted by molar-refractivity contribution is 5.73. The SMILES string of the molecule is O=C(NCC[NH+]1CCN(c2ccc([N+](=O)[O-])cc2)CC1)NCc1ccccc1. The summed E-state index contributed by atoms with van der Waals surface area (Å²) < 4.78 is 0. The first-order valence-electron chi connectivity index (χ1n) is 9.50. The zero-order valence-corrected chi connectivity index (χ0v) is 15.8. The van der Waals surface area contributed by atoms with Crippen molar-refractivity contribution in [1.82, 2.24) is 10.6 Å². The summed E-state index contributed by atoms with van der Waals surface area (Å²) in [6.07, 6.45) is 0. The smallest absolute Gasteiger partial charge is 0.315 e. The second kappa shape index (κ2) is 9.70. The van der Waals surface area contributed by atoms with Crippen molar-refractivity contribution in [3.05, 3.63) is 70.3 Å². The Morgan fingerprint density at radius 1 is 1.04 bits per heavy atom. The summed E-state index contributed by atoms with van der Waals surface area (Å²) in [6.45, 7) is 5.78. The van der Waals surface area contributed by atoms with Crippen molar-refractivity contribution in [3.63, 3.8) is 0 Å². The van der Waals surface area contributed by atoms with Crippen LogP contribution in [-0.2, 0) is 6.54 Å². The van der Waals surface area contributed by atoms with Crippen molar-refractivity contribution in [2.45, 2.75) is 6.54 Å². The molecule has 0 atom stereocenters. The molecule has 0 bridgehead atoms. The Morgan fingerprint density at radius 3 is 2.36 bits per heavy atom. The molecule has 2 aromatic rings. The van der Waals surface area contributed by atoms with Gasteiger partial charge in [0.25, 0.3) is 5.69 Å². The third-order valence-electron chi connectivity index (χ3n) is 4.96. The molecule has 0 spiro atoms. The van der Waals surface area contributed by atoms with E-state index in [1.54, 1.807) is 12.1 Å². The Balaban J connectivity index is 1.33. The van der Waals surface area contributed by atoms with Gasteiger partial charge in [0.05, 0.1) is 44.2 Å². The Morgan fingerprint density at radius 2 is 1.71 bits per heavy atom. The molecule has 2 amide bonds. The number of nitrogens with zero attached hydrogens (tertiary/aromatic N) is 2. The minimum absolute atomic E-state index is 0.115. The fourth-order valence-electron chi connectivity index (χ4n) is 3.31. The minimum atomic E-state index is -0.380. The molecule has 1 fully saturated rings. The van der Waals surface area contributed by atoms with Crippen LogP contribution in [0.3, 0.4) is 0 Å². The zero-order chi connectivity index (χ0) is 19.8. The van der Waals surface area contributed by atoms with Crippen LogP contribution >= 0.6 is 0 Å². The first-order valence-corrected chi connectivity index (χ1v) is 9.50. The number of rotatable bonds is 7. The van der Waals surface area contributed by atoms with Crippen LogP contribution in [0.25, 0.3) is 0 Å². The van der Waals surface area contributed by atoms with Gasteiger partial charge in [-0.3, -0.25) is 10.1 Å². The molecule has 28 heavy (non-hydrogen) atoms. The van der Waals surface area contributed by atoms with Gasteiger partial charge in [0.1, 0.15) is 0 Å². The van der Waals surface area contributed by atoms with Gasteiger partial charge < -0.3 is 20.4 Å². The predicted octanol–water partition coefficient (Wildman–Crippen LogP) is 0.799. The van der Waals surface area contributed by atoms with E-state index in [1.807, 2.05) is 42.5 Å². The van der Waals surface area contributed by atoms with Gasteiger partial charge in [-0.2, -0.15) is 0 Å². The molecule has 0 radical (unpaired) electrons. The van der Waals surface area contributed by atoms with Crippen LogP contribution in [0, 0.1) is 10.1 Å². The number of amides is 2. The number of hydrogen-bond acceptors (Lipinski definition) is 4. The van der Waals surface area contributed by atoms with E-state index in [2.05, 4.69) is 15.5 Å². The standard InChI is InChI=1S/C20H25N5O3/c26-20(22-16-17-4-2-1-3-5-17)21-10-11-23-12-14-24(15-13-23)18-6-8-19(9-7-18)25(27)28/h1-9H,10-16H2,(H2,21,22,26)/p+1. The number of anilines is 1. The summed E-state index contributed by atoms with van der Waals surface area (Å²) in [5.41, 5.74) is 2.21. The maximum Gasteiger partial charge on any atom is 0.315 e. The largest absolute Gasteiger partial charge is 0.360 e. The molecular weight excluding hydrogens is 358 g/mol. The lowest BCUT2D eigenvalue weighted by atomic mass is 10.2. The van der Waals surface area contributed by atoms with Crippen molar-refractivity contribution < 1.29 is 14.6 Å². The Hall–Kier alpha value is -3.13. The molecule has 8 nitrogen and oxygen atoms in total. The lowest BCUT2D eigenvalue weighted by Crippen LogP contribution is -3.15. The number of nitro groups is 1. The monoisotopic (exact) mass is 384 g/mol. The van der Waals surface area contributed by atoms with Gasteiger partial charge in [0.2, 0.25) is 0 Å². The van der Waals surface area contributed by atoms with E-state index in [1.165, 1.54) is 4.90 Å². The van der Waals surface area contributed by atoms with Crippen molar-refractivity contribution in [2.75, 3.05) is 44.2 Å². The highest BCUT2D eigenvalue weighted by Gasteiger charge is 2.20. The lowest BCUT2D eigenvalue weighted by molar-refractivity contribution is -0.899. The van der Waals surface area contributed by atoms with Gasteiger partial charge >= 0.3 is 6.03 Å². The molecule has 2 aromatic carbocycles. The second-order valence-corrected chi connectivity index (χ2v) is 6.86. The van der Waals surface area contributed by atoms with Crippen LogP contribution in [0.1, 0.15) is 5.56 Å². The summed E-state index contributed by atoms with van der Waals surface area (Å²) in [5, 5.41) is 16.5. The van der Waals surface area contributed by atoms with E-state index in [0.29, 0.717) is 13.1 Å². The molecule has 8 heteroatoms. The quantitative estimate of drug-likeness (QED) is 0.486. The Bertz CT molecular complexity index is 774. The molecule has 3 rings (SSSR count). The molecule has 0 aliphatic carbocycles. The summed E-state index contributed by atoms with van der Waals surface area (Å²) in [4.78, 5) is 25.9. The van der Waals surface area contributed by atoms with Gasteiger partial charge in [0, 0.05) is 24.4 Å². The highest BCUT2D eigenvalue weighted by atomic mass is 16.6. The number of piperazine rings is 1. The molecule has 148 valence electrons. The number of nitro benzene ring substituents is 1. The third kappa shape index (κ3) is 5.68. The van der Waals surface area contributed by atoms with Crippen molar-refractivity contribution in [2.24, 2.45) is 0 Å². The molecule has 1 heterocycles. The van der Waals surface area contributed by atoms with Gasteiger partial charge in [0.15, 0.2) is 0 Å². The van der Waals surface area contributed by atoms with E-state index in [-0.39, 0.29) is 16.6 Å². The molecule has 0 unspecified atom stereocenters. The number of hydrogen-bond donors (Lipinski definition) is 3. The van der Waals surface area contributed by atoms with Crippen molar-refractivity contribution in [1.29, 1.82) is 0 Å². The van der Waals surface area contributed by atoms with Crippen LogP contribution in [-0.4, -0.2) is 50.2 Å². The maximum absolute atomic E-state index is 11.9. The number of nitrogens with one attached hydrogen (secondary N) is 3. The Kier molecular flexibility index (Phi) is 6.80. The minimum Gasteiger partial charge on any atom is -0.360 e. The molecule has 1 aliphatic heterocycles. The summed E-state index contributed by atoms with van der Waals surface area (Å²) in [5.74, 6) is 0. The third-order valence-corrected chi connectivity index (χ3v) is 4.96. The average molecular weight is 384 g/mol. The van der Waals surface area contributed by atoms with Crippen LogP contribution < -0.4 is 20.4 Å². The van der Waals surface area contributed by atoms with E-state index >= 15 is 0 Å². The highest BCUT2D eigenvalue weighted by Crippen LogP contribution is 2.19. The van der Waals surface area contributed by atoms with E-state index in [4.69, 9.17) is 0 Å². The summed E-state index contributed by atoms with van der Waals surface area (Å²) in [6, 6.07) is 16.4. The molecule has 1 saturated heterocycles. The summed E-state index contributed by atoms with van der Waals surface area (Å²) >= 11 is 0. The lowest BCUT2D eigenvalue weighted by Gasteiger charge is -2.33. The maximum atomic E-state index is 11.9. The summed E-state index contributed by atoms with van der Waals surface area (Å²) in [7, 11) is 0. The number of quaternary nitrogens is 1. The molecule has 3 N–H and O–H groups in total. The van der Waals surface area contributed by atoms with Gasteiger partial charge in [-0.05, 0) is 17.7 Å². The first-order chi connectivity index (χ1) is 13.6. The molecule has 1 aliphatic rings. The van der Waals surface area contributed by atoms with Gasteiger partial charge in [-0.15, -0.1) is 0 Å². The molecule has 0 saturated carbocycles. The van der Waals surface area contributed by atoms with Gasteiger partial charge in [-0.1, -0.05) is 30.3 Å². The van der Waals surface area contributed by atoms with Crippen LogP contribution in [0.2, 0.25) is 0 Å². The molecular formula is C20H26N5O3+. The fraction of sp³-hybridized carbons (Fsp3) is 0.350. The first kappa shape index (κ1) is 19.6. The number of carbonyl (C=O) groups is 1. The number of non-ortho nitro benzene ring substituents is 1. The normalized spacial score (nSPS) is 14.5. The van der Waals surface area contributed by atoms with Crippen molar-refractivity contribution >= 4 is 17.4 Å². The Labute approximate surface area is 164 Å². The van der Waals surface area contributed by atoms with Gasteiger partial charge in [-0.25, -0.2) is 4.79 Å².